The Bertz CT molecular complexity index is 829. The van der Waals surface area contributed by atoms with Gasteiger partial charge in [-0.2, -0.15) is 8.78 Å². The Morgan fingerprint density at radius 3 is 2.54 bits per heavy atom. The molecule has 0 bridgehead atoms. The molecule has 150 valence electrons. The van der Waals surface area contributed by atoms with E-state index in [1.54, 1.807) is 18.2 Å². The predicted octanol–water partition coefficient (Wildman–Crippen LogP) is 3.41. The molecule has 1 aliphatic heterocycles. The van der Waals surface area contributed by atoms with Crippen LogP contribution < -0.4 is 24.8 Å². The maximum Gasteiger partial charge on any atom is 0.387 e. The number of nitrogens with one attached hydrogen (secondary N) is 2. The SMILES string of the molecule is CCNC(=NCc1ccc(F)cc1)NCc1cc2c(cc1OC(F)F)OCO2. The molecule has 0 atom stereocenters. The van der Waals surface area contributed by atoms with Gasteiger partial charge in [-0.1, -0.05) is 12.1 Å². The van der Waals surface area contributed by atoms with Crippen LogP contribution in [0.5, 0.6) is 17.2 Å². The van der Waals surface area contributed by atoms with E-state index < -0.39 is 6.61 Å². The Morgan fingerprint density at radius 2 is 1.86 bits per heavy atom. The molecular weight excluding hydrogens is 375 g/mol. The topological polar surface area (TPSA) is 64.1 Å². The van der Waals surface area contributed by atoms with Gasteiger partial charge in [0.05, 0.1) is 6.54 Å². The van der Waals surface area contributed by atoms with Gasteiger partial charge in [-0.05, 0) is 30.7 Å². The largest absolute Gasteiger partial charge is 0.454 e. The van der Waals surface area contributed by atoms with Crippen LogP contribution in [0.3, 0.4) is 0 Å². The summed E-state index contributed by atoms with van der Waals surface area (Å²) in [6.45, 7) is 0.0878. The first-order valence-electron chi connectivity index (χ1n) is 8.69. The van der Waals surface area contributed by atoms with Crippen LogP contribution in [0, 0.1) is 5.82 Å². The Balaban J connectivity index is 1.72. The van der Waals surface area contributed by atoms with E-state index in [0.29, 0.717) is 36.1 Å². The van der Waals surface area contributed by atoms with Crippen LogP contribution in [0.4, 0.5) is 13.2 Å². The molecule has 2 N–H and O–H groups in total. The van der Waals surface area contributed by atoms with E-state index in [9.17, 15) is 13.2 Å². The highest BCUT2D eigenvalue weighted by Crippen LogP contribution is 2.38. The summed E-state index contributed by atoms with van der Waals surface area (Å²) in [5.74, 6) is 0.990. The standard InChI is InChI=1S/C19H20F3N3O3/c1-2-23-19(24-9-12-3-5-14(20)6-4-12)25-10-13-7-16-17(27-11-26-16)8-15(13)28-18(21)22/h3-8,18H,2,9-11H2,1H3,(H2,23,24,25). The van der Waals surface area contributed by atoms with Crippen LogP contribution >= 0.6 is 0 Å². The van der Waals surface area contributed by atoms with Gasteiger partial charge in [0.25, 0.3) is 0 Å². The molecule has 0 saturated carbocycles. The summed E-state index contributed by atoms with van der Waals surface area (Å²) in [7, 11) is 0. The molecule has 0 spiro atoms. The van der Waals surface area contributed by atoms with E-state index in [4.69, 9.17) is 9.47 Å². The maximum atomic E-state index is 13.0. The van der Waals surface area contributed by atoms with Gasteiger partial charge < -0.3 is 24.8 Å². The molecule has 0 aromatic heterocycles. The smallest absolute Gasteiger partial charge is 0.387 e. The van der Waals surface area contributed by atoms with Crippen LogP contribution in [0.2, 0.25) is 0 Å². The third-order valence-electron chi connectivity index (χ3n) is 3.90. The number of nitrogens with zero attached hydrogens (tertiary/aromatic N) is 1. The van der Waals surface area contributed by atoms with E-state index in [-0.39, 0.29) is 24.9 Å². The molecule has 0 amide bonds. The van der Waals surface area contributed by atoms with Gasteiger partial charge in [-0.15, -0.1) is 0 Å². The van der Waals surface area contributed by atoms with Gasteiger partial charge >= 0.3 is 6.61 Å². The zero-order valence-corrected chi connectivity index (χ0v) is 15.2. The van der Waals surface area contributed by atoms with E-state index in [2.05, 4.69) is 20.4 Å². The van der Waals surface area contributed by atoms with Gasteiger partial charge in [0.1, 0.15) is 11.6 Å². The Kier molecular flexibility index (Phi) is 6.46. The van der Waals surface area contributed by atoms with Crippen molar-refractivity contribution >= 4 is 5.96 Å². The molecule has 2 aromatic carbocycles. The summed E-state index contributed by atoms with van der Waals surface area (Å²) >= 11 is 0. The third-order valence-corrected chi connectivity index (χ3v) is 3.90. The number of alkyl halides is 2. The first kappa shape index (κ1) is 19.7. The van der Waals surface area contributed by atoms with Crippen LogP contribution in [0.1, 0.15) is 18.1 Å². The number of hydrogen-bond donors (Lipinski definition) is 2. The van der Waals surface area contributed by atoms with Crippen molar-refractivity contribution in [3.05, 3.63) is 53.3 Å². The molecule has 2 aromatic rings. The highest BCUT2D eigenvalue weighted by molar-refractivity contribution is 5.79. The molecule has 0 saturated heterocycles. The molecular formula is C19H20F3N3O3. The molecule has 3 rings (SSSR count). The van der Waals surface area contributed by atoms with Crippen molar-refractivity contribution in [2.24, 2.45) is 4.99 Å². The Hall–Kier alpha value is -3.10. The van der Waals surface area contributed by atoms with E-state index in [0.717, 1.165) is 5.56 Å². The molecule has 1 heterocycles. The minimum Gasteiger partial charge on any atom is -0.454 e. The van der Waals surface area contributed by atoms with Crippen LogP contribution in [-0.2, 0) is 13.1 Å². The second-order valence-electron chi connectivity index (χ2n) is 5.87. The lowest BCUT2D eigenvalue weighted by Gasteiger charge is -2.15. The van der Waals surface area contributed by atoms with Crippen molar-refractivity contribution in [1.82, 2.24) is 10.6 Å². The number of fused-ring (bicyclic) bond motifs is 1. The zero-order valence-electron chi connectivity index (χ0n) is 15.2. The normalized spacial score (nSPS) is 13.0. The van der Waals surface area contributed by atoms with Crippen molar-refractivity contribution in [3.63, 3.8) is 0 Å². The molecule has 28 heavy (non-hydrogen) atoms. The number of benzene rings is 2. The van der Waals surface area contributed by atoms with Crippen LogP contribution in [0.15, 0.2) is 41.4 Å². The second kappa shape index (κ2) is 9.20. The van der Waals surface area contributed by atoms with E-state index in [1.165, 1.54) is 18.2 Å². The lowest BCUT2D eigenvalue weighted by molar-refractivity contribution is -0.0505. The number of aliphatic imine (C=N–C) groups is 1. The summed E-state index contributed by atoms with van der Waals surface area (Å²) in [6, 6.07) is 9.01. The highest BCUT2D eigenvalue weighted by Gasteiger charge is 2.20. The van der Waals surface area contributed by atoms with Gasteiger partial charge in [-0.25, -0.2) is 9.38 Å². The Labute approximate surface area is 160 Å². The predicted molar refractivity (Wildman–Crippen MR) is 97.3 cm³/mol. The van der Waals surface area contributed by atoms with Gasteiger partial charge in [0.2, 0.25) is 6.79 Å². The maximum absolute atomic E-state index is 13.0. The number of halogens is 3. The number of guanidine groups is 1. The van der Waals surface area contributed by atoms with Gasteiger partial charge in [-0.3, -0.25) is 0 Å². The summed E-state index contributed by atoms with van der Waals surface area (Å²) < 4.78 is 53.6. The van der Waals surface area contributed by atoms with Crippen molar-refractivity contribution in [3.8, 4) is 17.2 Å². The minimum atomic E-state index is -2.96. The Morgan fingerprint density at radius 1 is 1.14 bits per heavy atom. The van der Waals surface area contributed by atoms with Gasteiger partial charge in [0, 0.05) is 24.7 Å². The average Bonchev–Trinajstić information content (AvgIpc) is 3.12. The first-order chi connectivity index (χ1) is 13.5. The van der Waals surface area contributed by atoms with E-state index in [1.807, 2.05) is 6.92 Å². The fourth-order valence-electron chi connectivity index (χ4n) is 2.59. The highest BCUT2D eigenvalue weighted by atomic mass is 19.3. The lowest BCUT2D eigenvalue weighted by atomic mass is 10.1. The molecule has 0 aliphatic carbocycles. The second-order valence-corrected chi connectivity index (χ2v) is 5.87. The molecule has 1 aliphatic rings. The quantitative estimate of drug-likeness (QED) is 0.556. The number of ether oxygens (including phenoxy) is 3. The minimum absolute atomic E-state index is 0.00105. The van der Waals surface area contributed by atoms with Crippen molar-refractivity contribution in [1.29, 1.82) is 0 Å². The molecule has 0 fully saturated rings. The van der Waals surface area contributed by atoms with Crippen molar-refractivity contribution < 1.29 is 27.4 Å². The third kappa shape index (κ3) is 5.21. The number of rotatable bonds is 7. The van der Waals surface area contributed by atoms with E-state index >= 15 is 0 Å². The van der Waals surface area contributed by atoms with Crippen LogP contribution in [0.25, 0.3) is 0 Å². The molecule has 9 heteroatoms. The van der Waals surface area contributed by atoms with Crippen LogP contribution in [-0.4, -0.2) is 25.9 Å². The monoisotopic (exact) mass is 395 g/mol. The fraction of sp³-hybridized carbons (Fsp3) is 0.316. The average molecular weight is 395 g/mol. The fourth-order valence-corrected chi connectivity index (χ4v) is 2.59. The summed E-state index contributed by atoms with van der Waals surface area (Å²) in [6.07, 6.45) is 0. The summed E-state index contributed by atoms with van der Waals surface area (Å²) in [5.41, 5.74) is 1.31. The lowest BCUT2D eigenvalue weighted by Crippen LogP contribution is -2.36. The first-order valence-corrected chi connectivity index (χ1v) is 8.69. The van der Waals surface area contributed by atoms with Crippen molar-refractivity contribution in [2.45, 2.75) is 26.6 Å². The van der Waals surface area contributed by atoms with Crippen molar-refractivity contribution in [2.75, 3.05) is 13.3 Å². The summed E-state index contributed by atoms with van der Waals surface area (Å²) in [5, 5.41) is 6.13. The van der Waals surface area contributed by atoms with Gasteiger partial charge in [0.15, 0.2) is 17.5 Å². The zero-order chi connectivity index (χ0) is 19.9. The number of hydrogen-bond acceptors (Lipinski definition) is 4. The molecule has 0 unspecified atom stereocenters. The molecule has 0 radical (unpaired) electrons. The summed E-state index contributed by atoms with van der Waals surface area (Å²) in [4.78, 5) is 4.42. The molecule has 6 nitrogen and oxygen atoms in total.